The van der Waals surface area contributed by atoms with E-state index in [0.29, 0.717) is 11.3 Å². The highest BCUT2D eigenvalue weighted by Crippen LogP contribution is 2.18. The molecule has 0 aromatic heterocycles. The summed E-state index contributed by atoms with van der Waals surface area (Å²) in [5.74, 6) is -1.18. The van der Waals surface area contributed by atoms with Crippen molar-refractivity contribution in [3.8, 4) is 0 Å². The molecule has 1 atom stereocenters. The topological polar surface area (TPSA) is 92.8 Å². The van der Waals surface area contributed by atoms with Gasteiger partial charge in [-0.15, -0.1) is 0 Å². The van der Waals surface area contributed by atoms with Crippen molar-refractivity contribution in [2.75, 3.05) is 19.4 Å². The second-order valence-corrected chi connectivity index (χ2v) is 7.87. The van der Waals surface area contributed by atoms with Crippen LogP contribution in [0, 0.1) is 0 Å². The molecule has 7 nitrogen and oxygen atoms in total. The number of hydrogen-bond donors (Lipinski definition) is 1. The first kappa shape index (κ1) is 19.6. The summed E-state index contributed by atoms with van der Waals surface area (Å²) in [6.07, 6.45) is -1.04. The molecular formula is C18H20N2O5S. The zero-order chi connectivity index (χ0) is 19.3. The molecule has 1 amide bonds. The van der Waals surface area contributed by atoms with Crippen molar-refractivity contribution in [2.45, 2.75) is 17.9 Å². The number of carbonyl (C=O) groups excluding carboxylic acids is 2. The van der Waals surface area contributed by atoms with E-state index in [0.717, 1.165) is 4.31 Å². The summed E-state index contributed by atoms with van der Waals surface area (Å²) in [7, 11) is -0.769. The van der Waals surface area contributed by atoms with E-state index in [1.807, 2.05) is 0 Å². The predicted molar refractivity (Wildman–Crippen MR) is 97.3 cm³/mol. The average Bonchev–Trinajstić information content (AvgIpc) is 2.62. The van der Waals surface area contributed by atoms with Crippen LogP contribution in [0.2, 0.25) is 0 Å². The first-order chi connectivity index (χ1) is 12.2. The lowest BCUT2D eigenvalue weighted by Gasteiger charge is -2.15. The van der Waals surface area contributed by atoms with E-state index < -0.39 is 28.0 Å². The van der Waals surface area contributed by atoms with E-state index in [1.165, 1.54) is 39.2 Å². The number of nitrogens with one attached hydrogen (secondary N) is 1. The highest BCUT2D eigenvalue weighted by Gasteiger charge is 2.21. The second-order valence-electron chi connectivity index (χ2n) is 5.72. The maximum Gasteiger partial charge on any atom is 0.338 e. The number of anilines is 1. The molecule has 0 radical (unpaired) electrons. The maximum atomic E-state index is 12.2. The normalized spacial score (nSPS) is 12.5. The van der Waals surface area contributed by atoms with E-state index in [4.69, 9.17) is 4.74 Å². The molecule has 1 N–H and O–H groups in total. The zero-order valence-electron chi connectivity index (χ0n) is 14.7. The Morgan fingerprint density at radius 3 is 2.31 bits per heavy atom. The zero-order valence-corrected chi connectivity index (χ0v) is 15.5. The Morgan fingerprint density at radius 2 is 1.69 bits per heavy atom. The van der Waals surface area contributed by atoms with Gasteiger partial charge >= 0.3 is 5.97 Å². The monoisotopic (exact) mass is 376 g/mol. The predicted octanol–water partition coefficient (Wildman–Crippen LogP) is 2.12. The van der Waals surface area contributed by atoms with Crippen molar-refractivity contribution in [1.82, 2.24) is 4.31 Å². The molecular weight excluding hydrogens is 356 g/mol. The minimum absolute atomic E-state index is 0.0502. The molecule has 0 unspecified atom stereocenters. The third-order valence-electron chi connectivity index (χ3n) is 3.54. The molecule has 0 fully saturated rings. The number of esters is 1. The summed E-state index contributed by atoms with van der Waals surface area (Å²) in [6, 6.07) is 14.2. The first-order valence-electron chi connectivity index (χ1n) is 7.81. The van der Waals surface area contributed by atoms with Crippen LogP contribution in [0.3, 0.4) is 0 Å². The molecule has 0 aliphatic rings. The number of amides is 1. The Bertz CT molecular complexity index is 895. The van der Waals surface area contributed by atoms with Gasteiger partial charge in [0.1, 0.15) is 0 Å². The molecule has 0 bridgehead atoms. The Morgan fingerprint density at radius 1 is 1.04 bits per heavy atom. The van der Waals surface area contributed by atoms with Gasteiger partial charge < -0.3 is 10.1 Å². The van der Waals surface area contributed by atoms with Crippen LogP contribution in [0.25, 0.3) is 0 Å². The molecule has 2 rings (SSSR count). The Kier molecular flexibility index (Phi) is 6.12. The van der Waals surface area contributed by atoms with Crippen LogP contribution in [-0.4, -0.2) is 44.8 Å². The largest absolute Gasteiger partial charge is 0.449 e. The molecule has 0 heterocycles. The van der Waals surface area contributed by atoms with Gasteiger partial charge in [-0.3, -0.25) is 4.79 Å². The van der Waals surface area contributed by atoms with Crippen LogP contribution < -0.4 is 5.32 Å². The number of carbonyl (C=O) groups is 2. The molecule has 2 aromatic carbocycles. The summed E-state index contributed by atoms with van der Waals surface area (Å²) in [6.45, 7) is 1.44. The molecule has 2 aromatic rings. The van der Waals surface area contributed by atoms with Crippen molar-refractivity contribution in [3.63, 3.8) is 0 Å². The molecule has 0 spiro atoms. The van der Waals surface area contributed by atoms with Gasteiger partial charge in [0, 0.05) is 19.8 Å². The van der Waals surface area contributed by atoms with Gasteiger partial charge in [0.15, 0.2) is 6.10 Å². The van der Waals surface area contributed by atoms with Crippen molar-refractivity contribution >= 4 is 27.6 Å². The van der Waals surface area contributed by atoms with Gasteiger partial charge in [-0.05, 0) is 37.3 Å². The van der Waals surface area contributed by atoms with Gasteiger partial charge in [-0.2, -0.15) is 0 Å². The first-order valence-corrected chi connectivity index (χ1v) is 9.25. The maximum absolute atomic E-state index is 12.2. The van der Waals surface area contributed by atoms with E-state index in [9.17, 15) is 18.0 Å². The molecule has 0 aliphatic carbocycles. The summed E-state index contributed by atoms with van der Waals surface area (Å²) in [5, 5.41) is 2.55. The third kappa shape index (κ3) is 4.68. The van der Waals surface area contributed by atoms with Crippen molar-refractivity contribution in [3.05, 3.63) is 60.2 Å². The summed E-state index contributed by atoms with van der Waals surface area (Å²) >= 11 is 0. The number of rotatable bonds is 6. The number of hydrogen-bond acceptors (Lipinski definition) is 5. The second kappa shape index (κ2) is 8.11. The Balaban J connectivity index is 2.06. The van der Waals surface area contributed by atoms with Crippen LogP contribution in [0.15, 0.2) is 59.5 Å². The van der Waals surface area contributed by atoms with Crippen LogP contribution in [0.5, 0.6) is 0 Å². The van der Waals surface area contributed by atoms with Crippen molar-refractivity contribution < 1.29 is 22.7 Å². The van der Waals surface area contributed by atoms with E-state index in [1.54, 1.807) is 36.4 Å². The van der Waals surface area contributed by atoms with E-state index >= 15 is 0 Å². The lowest BCUT2D eigenvalue weighted by Crippen LogP contribution is -2.30. The van der Waals surface area contributed by atoms with Gasteiger partial charge in [0.2, 0.25) is 10.0 Å². The third-order valence-corrected chi connectivity index (χ3v) is 5.35. The van der Waals surface area contributed by atoms with Crippen molar-refractivity contribution in [1.29, 1.82) is 0 Å². The lowest BCUT2D eigenvalue weighted by atomic mass is 10.2. The van der Waals surface area contributed by atoms with E-state index in [2.05, 4.69) is 5.32 Å². The molecule has 26 heavy (non-hydrogen) atoms. The minimum Gasteiger partial charge on any atom is -0.449 e. The number of ether oxygens (including phenoxy) is 1. The molecule has 0 aliphatic heterocycles. The number of benzene rings is 2. The van der Waals surface area contributed by atoms with Crippen molar-refractivity contribution in [2.24, 2.45) is 0 Å². The number of nitrogens with zero attached hydrogens (tertiary/aromatic N) is 1. The van der Waals surface area contributed by atoms with Gasteiger partial charge in [0.05, 0.1) is 10.5 Å². The minimum atomic E-state index is -3.61. The Labute approximate surface area is 152 Å². The fourth-order valence-corrected chi connectivity index (χ4v) is 2.99. The number of sulfonamides is 1. The fraction of sp³-hybridized carbons (Fsp3) is 0.222. The SMILES string of the molecule is C[C@@H](OC(=O)c1ccccc1)C(=O)Nc1cccc(S(=O)(=O)N(C)C)c1. The standard InChI is InChI=1S/C18H20N2O5S/c1-13(25-18(22)14-8-5-4-6-9-14)17(21)19-15-10-7-11-16(12-15)26(23,24)20(2)3/h4-13H,1-3H3,(H,19,21)/t13-/m1/s1. The van der Waals surface area contributed by atoms with Gasteiger partial charge in [0.25, 0.3) is 5.91 Å². The molecule has 138 valence electrons. The summed E-state index contributed by atoms with van der Waals surface area (Å²) in [5.41, 5.74) is 0.631. The highest BCUT2D eigenvalue weighted by molar-refractivity contribution is 7.89. The highest BCUT2D eigenvalue weighted by atomic mass is 32.2. The molecule has 8 heteroatoms. The lowest BCUT2D eigenvalue weighted by molar-refractivity contribution is -0.123. The van der Waals surface area contributed by atoms with Crippen LogP contribution in [0.1, 0.15) is 17.3 Å². The van der Waals surface area contributed by atoms with Crippen LogP contribution in [0.4, 0.5) is 5.69 Å². The smallest absolute Gasteiger partial charge is 0.338 e. The molecule has 0 saturated carbocycles. The van der Waals surface area contributed by atoms with Crippen LogP contribution in [-0.2, 0) is 19.6 Å². The Hall–Kier alpha value is -2.71. The van der Waals surface area contributed by atoms with Crippen LogP contribution >= 0.6 is 0 Å². The quantitative estimate of drug-likeness (QED) is 0.780. The fourth-order valence-electron chi connectivity index (χ4n) is 2.05. The molecule has 0 saturated heterocycles. The summed E-state index contributed by atoms with van der Waals surface area (Å²) < 4.78 is 30.5. The average molecular weight is 376 g/mol. The van der Waals surface area contributed by atoms with E-state index in [-0.39, 0.29) is 4.90 Å². The van der Waals surface area contributed by atoms with Gasteiger partial charge in [-0.1, -0.05) is 24.3 Å². The van der Waals surface area contributed by atoms with Gasteiger partial charge in [-0.25, -0.2) is 17.5 Å². The summed E-state index contributed by atoms with van der Waals surface area (Å²) in [4.78, 5) is 24.3.